The molecule has 0 heterocycles. The van der Waals surface area contributed by atoms with E-state index in [4.69, 9.17) is 11.3 Å². The van der Waals surface area contributed by atoms with Gasteiger partial charge in [-0.2, -0.15) is 39.5 Å². The number of ketones is 1. The fourth-order valence-corrected chi connectivity index (χ4v) is 2.70. The number of hydrogen-bond acceptors (Lipinski definition) is 3. The predicted molar refractivity (Wildman–Crippen MR) is 98.3 cm³/mol. The quantitative estimate of drug-likeness (QED) is 0.257. The van der Waals surface area contributed by atoms with E-state index in [1.54, 1.807) is 0 Å². The van der Waals surface area contributed by atoms with Crippen molar-refractivity contribution in [2.45, 2.75) is 18.5 Å². The largest absolute Gasteiger partial charge is 0.492 e. The van der Waals surface area contributed by atoms with Gasteiger partial charge in [0.05, 0.1) is 18.7 Å². The van der Waals surface area contributed by atoms with Crippen molar-refractivity contribution in [2.75, 3.05) is 24.6 Å². The van der Waals surface area contributed by atoms with Crippen LogP contribution in [0.1, 0.15) is 15.9 Å². The Kier molecular flexibility index (Phi) is 7.51. The van der Waals surface area contributed by atoms with E-state index >= 15 is 0 Å². The summed E-state index contributed by atoms with van der Waals surface area (Å²) < 4.78 is 121. The molecule has 2 rings (SSSR count). The van der Waals surface area contributed by atoms with Crippen molar-refractivity contribution in [2.24, 2.45) is 0 Å². The Balaban J connectivity index is 2.18. The lowest BCUT2D eigenvalue weighted by atomic mass is 10.1. The predicted octanol–water partition coefficient (Wildman–Crippen LogP) is 6.45. The van der Waals surface area contributed by atoms with E-state index in [9.17, 15) is 44.3 Å². The first-order valence-corrected chi connectivity index (χ1v) is 8.86. The highest BCUT2D eigenvalue weighted by Gasteiger charge is 2.39. The van der Waals surface area contributed by atoms with Gasteiger partial charge in [0.1, 0.15) is 18.9 Å². The molecule has 0 amide bonds. The van der Waals surface area contributed by atoms with Crippen LogP contribution in [0.5, 0.6) is 5.75 Å². The fourth-order valence-electron chi connectivity index (χ4n) is 2.70. The van der Waals surface area contributed by atoms with Crippen LogP contribution in [0, 0.1) is 6.57 Å². The highest BCUT2D eigenvalue weighted by Crippen LogP contribution is 2.39. The van der Waals surface area contributed by atoms with Crippen LogP contribution in [0.25, 0.3) is 4.85 Å². The molecular weight excluding hydrogens is 471 g/mol. The van der Waals surface area contributed by atoms with Crippen LogP contribution >= 0.6 is 0 Å². The molecule has 33 heavy (non-hydrogen) atoms. The summed E-state index contributed by atoms with van der Waals surface area (Å²) >= 11 is 0. The van der Waals surface area contributed by atoms with Gasteiger partial charge in [0.2, 0.25) is 0 Å². The number of nitrogens with zero attached hydrogens (tertiary/aromatic N) is 2. The number of carbonyl (C=O) groups excluding carboxylic acids is 1. The molecule has 0 bridgehead atoms. The summed E-state index contributed by atoms with van der Waals surface area (Å²) in [5.74, 6) is -2.16. The van der Waals surface area contributed by atoms with Gasteiger partial charge < -0.3 is 9.64 Å². The minimum atomic E-state index is -5.08. The molecule has 0 atom stereocenters. The smallest absolute Gasteiger partial charge is 0.454 e. The molecule has 4 nitrogen and oxygen atoms in total. The topological polar surface area (TPSA) is 33.9 Å². The van der Waals surface area contributed by atoms with Crippen molar-refractivity contribution < 1.29 is 49.0 Å². The standard InChI is InChI=1S/C20H13F9N2O2/c1-30-16-7-4-13(10-15(16)19(24,25)26)31(11-18(21,22)23)8-9-33-14-5-2-12(3-6-14)17(32)20(27,28)29/h2-7,10H,8-9,11H2. The number of hydrogen-bond donors (Lipinski definition) is 0. The lowest BCUT2D eigenvalue weighted by Gasteiger charge is -2.27. The summed E-state index contributed by atoms with van der Waals surface area (Å²) in [4.78, 5) is 14.4. The van der Waals surface area contributed by atoms with Gasteiger partial charge >= 0.3 is 18.5 Å². The fraction of sp³-hybridized carbons (Fsp3) is 0.300. The maximum absolute atomic E-state index is 13.2. The normalized spacial score (nSPS) is 12.2. The molecule has 0 aromatic heterocycles. The van der Waals surface area contributed by atoms with Gasteiger partial charge in [-0.3, -0.25) is 4.79 Å². The lowest BCUT2D eigenvalue weighted by Crippen LogP contribution is -2.37. The minimum Gasteiger partial charge on any atom is -0.492 e. The van der Waals surface area contributed by atoms with Crippen molar-refractivity contribution in [3.8, 4) is 5.75 Å². The van der Waals surface area contributed by atoms with Crippen molar-refractivity contribution >= 4 is 17.2 Å². The minimum absolute atomic E-state index is 0.0694. The van der Waals surface area contributed by atoms with Gasteiger partial charge in [-0.25, -0.2) is 4.85 Å². The molecule has 0 spiro atoms. The second kappa shape index (κ2) is 9.60. The Morgan fingerprint density at radius 1 is 0.939 bits per heavy atom. The third kappa shape index (κ3) is 7.30. The summed E-state index contributed by atoms with van der Waals surface area (Å²) in [7, 11) is 0. The number of carbonyl (C=O) groups is 1. The molecule has 0 saturated carbocycles. The molecule has 0 radical (unpaired) electrons. The zero-order valence-corrected chi connectivity index (χ0v) is 16.3. The molecule has 0 aliphatic carbocycles. The van der Waals surface area contributed by atoms with E-state index in [0.29, 0.717) is 11.0 Å². The molecule has 2 aromatic carbocycles. The molecule has 0 fully saturated rings. The first-order valence-electron chi connectivity index (χ1n) is 8.86. The maximum Gasteiger partial charge on any atom is 0.454 e. The third-order valence-corrected chi connectivity index (χ3v) is 4.15. The van der Waals surface area contributed by atoms with Crippen LogP contribution in [-0.2, 0) is 6.18 Å². The Labute approximate surface area is 181 Å². The van der Waals surface area contributed by atoms with E-state index < -0.39 is 66.5 Å². The Hall–Kier alpha value is -3.43. The summed E-state index contributed by atoms with van der Waals surface area (Å²) in [6, 6.07) is 5.75. The average Bonchev–Trinajstić information content (AvgIpc) is 2.70. The number of Topliss-reactive ketones (excluding diaryl/α,β-unsaturated/α-hetero) is 1. The van der Waals surface area contributed by atoms with E-state index in [-0.39, 0.29) is 5.75 Å². The Morgan fingerprint density at radius 2 is 1.55 bits per heavy atom. The molecular formula is C20H13F9N2O2. The number of benzene rings is 2. The number of halogens is 9. The second-order valence-corrected chi connectivity index (χ2v) is 6.55. The van der Waals surface area contributed by atoms with Crippen LogP contribution in [-0.4, -0.2) is 37.8 Å². The Bertz CT molecular complexity index is 1020. The van der Waals surface area contributed by atoms with Crippen LogP contribution in [0.3, 0.4) is 0 Å². The van der Waals surface area contributed by atoms with E-state index in [0.717, 1.165) is 36.4 Å². The van der Waals surface area contributed by atoms with Gasteiger partial charge in [0.25, 0.3) is 5.78 Å². The zero-order chi connectivity index (χ0) is 25.0. The van der Waals surface area contributed by atoms with Crippen LogP contribution in [0.15, 0.2) is 42.5 Å². The number of alkyl halides is 9. The average molecular weight is 484 g/mol. The van der Waals surface area contributed by atoms with E-state index in [1.807, 2.05) is 0 Å². The summed E-state index contributed by atoms with van der Waals surface area (Å²) in [6.45, 7) is 4.15. The molecule has 13 heteroatoms. The lowest BCUT2D eigenvalue weighted by molar-refractivity contribution is -0.136. The number of rotatable bonds is 7. The molecule has 0 unspecified atom stereocenters. The van der Waals surface area contributed by atoms with Gasteiger partial charge in [-0.1, -0.05) is 6.07 Å². The number of ether oxygens (including phenoxy) is 1. The van der Waals surface area contributed by atoms with Gasteiger partial charge in [0, 0.05) is 11.3 Å². The zero-order valence-electron chi connectivity index (χ0n) is 16.3. The van der Waals surface area contributed by atoms with Gasteiger partial charge in [0.15, 0.2) is 5.69 Å². The molecule has 0 N–H and O–H groups in total. The molecule has 178 valence electrons. The Morgan fingerprint density at radius 3 is 2.03 bits per heavy atom. The van der Waals surface area contributed by atoms with Crippen molar-refractivity contribution in [3.63, 3.8) is 0 Å². The maximum atomic E-state index is 13.2. The first kappa shape index (κ1) is 25.8. The third-order valence-electron chi connectivity index (χ3n) is 4.15. The van der Waals surface area contributed by atoms with Gasteiger partial charge in [-0.15, -0.1) is 0 Å². The highest BCUT2D eigenvalue weighted by atomic mass is 19.4. The highest BCUT2D eigenvalue weighted by molar-refractivity contribution is 6.00. The van der Waals surface area contributed by atoms with Crippen molar-refractivity contribution in [1.82, 2.24) is 0 Å². The molecule has 2 aromatic rings. The first-order chi connectivity index (χ1) is 15.1. The molecule has 0 aliphatic rings. The van der Waals surface area contributed by atoms with Crippen LogP contribution in [0.2, 0.25) is 0 Å². The number of anilines is 1. The SMILES string of the molecule is [C-]#[N+]c1ccc(N(CCOc2ccc(C(=O)C(F)(F)F)cc2)CC(F)(F)F)cc1C(F)(F)F. The van der Waals surface area contributed by atoms with Crippen molar-refractivity contribution in [1.29, 1.82) is 0 Å². The van der Waals surface area contributed by atoms with E-state index in [2.05, 4.69) is 4.85 Å². The second-order valence-electron chi connectivity index (χ2n) is 6.55. The van der Waals surface area contributed by atoms with Crippen LogP contribution < -0.4 is 9.64 Å². The molecule has 0 saturated heterocycles. The van der Waals surface area contributed by atoms with Crippen LogP contribution in [0.4, 0.5) is 50.9 Å². The van der Waals surface area contributed by atoms with Gasteiger partial charge in [-0.05, 0) is 36.4 Å². The summed E-state index contributed by atoms with van der Waals surface area (Å²) in [5, 5.41) is 0. The monoisotopic (exact) mass is 484 g/mol. The van der Waals surface area contributed by atoms with Crippen molar-refractivity contribution in [3.05, 3.63) is 65.0 Å². The van der Waals surface area contributed by atoms with E-state index in [1.165, 1.54) is 0 Å². The summed E-state index contributed by atoms with van der Waals surface area (Å²) in [5.41, 5.74) is -3.30. The molecule has 0 aliphatic heterocycles. The summed E-state index contributed by atoms with van der Waals surface area (Å²) in [6.07, 6.45) is -14.8.